The first kappa shape index (κ1) is 16.2. The van der Waals surface area contributed by atoms with Gasteiger partial charge < -0.3 is 5.32 Å². The molecule has 4 heteroatoms. The van der Waals surface area contributed by atoms with Crippen LogP contribution in [-0.4, -0.2) is 23.9 Å². The number of aryl methyl sites for hydroxylation is 2. The maximum atomic E-state index is 12.2. The molecule has 3 nitrogen and oxygen atoms in total. The molecule has 1 amide bonds. The third-order valence-corrected chi connectivity index (χ3v) is 5.62. The summed E-state index contributed by atoms with van der Waals surface area (Å²) in [5.41, 5.74) is 3.69. The van der Waals surface area contributed by atoms with Crippen LogP contribution in [0.5, 0.6) is 0 Å². The molecule has 2 aromatic rings. The highest BCUT2D eigenvalue weighted by molar-refractivity contribution is 7.14. The molecule has 0 saturated carbocycles. The minimum Gasteiger partial charge on any atom is -0.347 e. The lowest BCUT2D eigenvalue weighted by Gasteiger charge is -2.14. The van der Waals surface area contributed by atoms with Gasteiger partial charge in [-0.1, -0.05) is 24.3 Å². The zero-order chi connectivity index (χ0) is 16.2. The molecule has 0 spiro atoms. The van der Waals surface area contributed by atoms with Gasteiger partial charge in [-0.25, -0.2) is 0 Å². The van der Waals surface area contributed by atoms with E-state index in [1.165, 1.54) is 41.9 Å². The summed E-state index contributed by atoms with van der Waals surface area (Å²) in [7, 11) is 0. The Morgan fingerprint density at radius 1 is 1.13 bits per heavy atom. The van der Waals surface area contributed by atoms with Gasteiger partial charge in [0.05, 0.1) is 4.88 Å². The number of carbonyl (C=O) groups is 1. The van der Waals surface area contributed by atoms with E-state index in [0.717, 1.165) is 17.0 Å². The summed E-state index contributed by atoms with van der Waals surface area (Å²) in [5.74, 6) is 0.0207. The molecule has 1 aromatic heterocycles. The first-order valence-electron chi connectivity index (χ1n) is 8.27. The van der Waals surface area contributed by atoms with Gasteiger partial charge in [0.2, 0.25) is 0 Å². The van der Waals surface area contributed by atoms with Crippen LogP contribution in [0.15, 0.2) is 30.3 Å². The van der Waals surface area contributed by atoms with Crippen LogP contribution in [0.1, 0.15) is 44.1 Å². The van der Waals surface area contributed by atoms with E-state index >= 15 is 0 Å². The molecule has 2 heterocycles. The Labute approximate surface area is 142 Å². The highest BCUT2D eigenvalue weighted by Gasteiger charge is 2.12. The van der Waals surface area contributed by atoms with Crippen LogP contribution in [0.4, 0.5) is 0 Å². The molecule has 1 saturated heterocycles. The summed E-state index contributed by atoms with van der Waals surface area (Å²) in [5, 5.41) is 3.01. The molecule has 0 aliphatic carbocycles. The van der Waals surface area contributed by atoms with E-state index in [4.69, 9.17) is 0 Å². The van der Waals surface area contributed by atoms with E-state index < -0.39 is 0 Å². The second kappa shape index (κ2) is 7.28. The van der Waals surface area contributed by atoms with Gasteiger partial charge >= 0.3 is 0 Å². The second-order valence-corrected chi connectivity index (χ2v) is 7.59. The summed E-state index contributed by atoms with van der Waals surface area (Å²) in [6.07, 6.45) is 2.65. The lowest BCUT2D eigenvalue weighted by atomic mass is 10.1. The number of nitrogens with one attached hydrogen (secondary N) is 1. The van der Waals surface area contributed by atoms with E-state index in [0.29, 0.717) is 6.54 Å². The number of carbonyl (C=O) groups excluding carboxylic acids is 1. The molecule has 0 bridgehead atoms. The molecule has 1 fully saturated rings. The van der Waals surface area contributed by atoms with Gasteiger partial charge in [-0.3, -0.25) is 9.69 Å². The first-order chi connectivity index (χ1) is 11.1. The van der Waals surface area contributed by atoms with Crippen molar-refractivity contribution in [2.45, 2.75) is 39.8 Å². The van der Waals surface area contributed by atoms with Crippen molar-refractivity contribution in [1.29, 1.82) is 0 Å². The number of benzene rings is 1. The number of amides is 1. The Bertz CT molecular complexity index is 650. The maximum Gasteiger partial charge on any atom is 0.261 e. The Morgan fingerprint density at radius 2 is 1.78 bits per heavy atom. The molecule has 3 rings (SSSR count). The number of likely N-dealkylation sites (tertiary alicyclic amines) is 1. The van der Waals surface area contributed by atoms with Crippen molar-refractivity contribution in [3.8, 4) is 0 Å². The highest BCUT2D eigenvalue weighted by atomic mass is 32.1. The van der Waals surface area contributed by atoms with Gasteiger partial charge in [0, 0.05) is 18.0 Å². The van der Waals surface area contributed by atoms with E-state index in [1.807, 2.05) is 13.0 Å². The van der Waals surface area contributed by atoms with Gasteiger partial charge in [-0.15, -0.1) is 11.3 Å². The Morgan fingerprint density at radius 3 is 2.39 bits per heavy atom. The molecule has 1 aliphatic rings. The van der Waals surface area contributed by atoms with Gasteiger partial charge in [-0.2, -0.15) is 0 Å². The van der Waals surface area contributed by atoms with Crippen LogP contribution in [-0.2, 0) is 13.1 Å². The molecule has 1 aliphatic heterocycles. The summed E-state index contributed by atoms with van der Waals surface area (Å²) in [4.78, 5) is 16.7. The molecule has 122 valence electrons. The quantitative estimate of drug-likeness (QED) is 0.903. The summed E-state index contributed by atoms with van der Waals surface area (Å²) in [6, 6.07) is 10.6. The number of rotatable bonds is 5. The molecule has 23 heavy (non-hydrogen) atoms. The van der Waals surface area contributed by atoms with E-state index in [2.05, 4.69) is 41.4 Å². The van der Waals surface area contributed by atoms with E-state index in [-0.39, 0.29) is 5.91 Å². The second-order valence-electron chi connectivity index (χ2n) is 6.33. The fourth-order valence-electron chi connectivity index (χ4n) is 2.92. The maximum absolute atomic E-state index is 12.2. The van der Waals surface area contributed by atoms with Crippen LogP contribution < -0.4 is 5.32 Å². The average Bonchev–Trinajstić information content (AvgIpc) is 3.17. The van der Waals surface area contributed by atoms with Crippen LogP contribution in [0.2, 0.25) is 0 Å². The largest absolute Gasteiger partial charge is 0.347 e. The van der Waals surface area contributed by atoms with Crippen molar-refractivity contribution in [1.82, 2.24) is 10.2 Å². The highest BCUT2D eigenvalue weighted by Crippen LogP contribution is 2.20. The third-order valence-electron chi connectivity index (χ3n) is 4.47. The zero-order valence-electron chi connectivity index (χ0n) is 13.9. The third kappa shape index (κ3) is 4.21. The van der Waals surface area contributed by atoms with Gasteiger partial charge in [0.1, 0.15) is 0 Å². The molecular formula is C19H24N2OS. The van der Waals surface area contributed by atoms with Crippen molar-refractivity contribution in [2.75, 3.05) is 13.1 Å². The Balaban J connectivity index is 1.52. The standard InChI is InChI=1S/C19H24N2OS/c1-14-11-18(23-15(14)2)19(22)20-12-16-5-7-17(8-6-16)13-21-9-3-4-10-21/h5-8,11H,3-4,9-10,12-13H2,1-2H3,(H,20,22). The van der Waals surface area contributed by atoms with E-state index in [1.54, 1.807) is 11.3 Å². The minimum absolute atomic E-state index is 0.0207. The number of hydrogen-bond donors (Lipinski definition) is 1. The van der Waals surface area contributed by atoms with Crippen molar-refractivity contribution >= 4 is 17.2 Å². The van der Waals surface area contributed by atoms with Gasteiger partial charge in [0.25, 0.3) is 5.91 Å². The van der Waals surface area contributed by atoms with Crippen LogP contribution in [0, 0.1) is 13.8 Å². The molecule has 1 aromatic carbocycles. The Hall–Kier alpha value is -1.65. The Kier molecular flexibility index (Phi) is 5.13. The molecular weight excluding hydrogens is 304 g/mol. The molecule has 0 radical (unpaired) electrons. The summed E-state index contributed by atoms with van der Waals surface area (Å²) in [6.45, 7) is 8.16. The normalized spacial score (nSPS) is 15.0. The van der Waals surface area contributed by atoms with Crippen molar-refractivity contribution < 1.29 is 4.79 Å². The SMILES string of the molecule is Cc1cc(C(=O)NCc2ccc(CN3CCCC3)cc2)sc1C. The van der Waals surface area contributed by atoms with Crippen molar-refractivity contribution in [3.05, 3.63) is 56.8 Å². The molecule has 1 N–H and O–H groups in total. The minimum atomic E-state index is 0.0207. The predicted molar refractivity (Wildman–Crippen MR) is 95.9 cm³/mol. The monoisotopic (exact) mass is 328 g/mol. The number of thiophene rings is 1. The van der Waals surface area contributed by atoms with Crippen LogP contribution >= 0.6 is 11.3 Å². The summed E-state index contributed by atoms with van der Waals surface area (Å²) >= 11 is 1.56. The van der Waals surface area contributed by atoms with Gasteiger partial charge in [-0.05, 0) is 62.5 Å². The summed E-state index contributed by atoms with van der Waals surface area (Å²) < 4.78 is 0. The number of hydrogen-bond acceptors (Lipinski definition) is 3. The topological polar surface area (TPSA) is 32.3 Å². The van der Waals surface area contributed by atoms with Gasteiger partial charge in [0.15, 0.2) is 0 Å². The fourth-order valence-corrected chi connectivity index (χ4v) is 3.87. The van der Waals surface area contributed by atoms with Crippen LogP contribution in [0.3, 0.4) is 0 Å². The molecule has 0 atom stereocenters. The fraction of sp³-hybridized carbons (Fsp3) is 0.421. The molecule has 0 unspecified atom stereocenters. The average molecular weight is 328 g/mol. The van der Waals surface area contributed by atoms with Crippen molar-refractivity contribution in [3.63, 3.8) is 0 Å². The zero-order valence-corrected chi connectivity index (χ0v) is 14.7. The first-order valence-corrected chi connectivity index (χ1v) is 9.09. The predicted octanol–water partition coefficient (Wildman–Crippen LogP) is 3.89. The van der Waals surface area contributed by atoms with Crippen molar-refractivity contribution in [2.24, 2.45) is 0 Å². The lowest BCUT2D eigenvalue weighted by Crippen LogP contribution is -2.22. The smallest absolute Gasteiger partial charge is 0.261 e. The van der Waals surface area contributed by atoms with Crippen LogP contribution in [0.25, 0.3) is 0 Å². The lowest BCUT2D eigenvalue weighted by molar-refractivity contribution is 0.0955. The number of nitrogens with zero attached hydrogens (tertiary/aromatic N) is 1. The van der Waals surface area contributed by atoms with E-state index in [9.17, 15) is 4.79 Å².